The van der Waals surface area contributed by atoms with Crippen LogP contribution in [0.1, 0.15) is 42.9 Å². The molecule has 94 valence electrons. The summed E-state index contributed by atoms with van der Waals surface area (Å²) in [5.41, 5.74) is 4.27. The SMILES string of the molecule is Cc1[nH]c2ccccc2c1C1CC2CCC(C1)N2. The maximum absolute atomic E-state index is 3.74. The average Bonchev–Trinajstić information content (AvgIpc) is 2.88. The van der Waals surface area contributed by atoms with E-state index in [1.807, 2.05) is 0 Å². The molecule has 0 aliphatic carbocycles. The van der Waals surface area contributed by atoms with E-state index in [9.17, 15) is 0 Å². The van der Waals surface area contributed by atoms with Gasteiger partial charge in [0, 0.05) is 28.7 Å². The van der Waals surface area contributed by atoms with Crippen LogP contribution < -0.4 is 5.32 Å². The van der Waals surface area contributed by atoms with E-state index in [1.54, 1.807) is 5.56 Å². The number of fused-ring (bicyclic) bond motifs is 3. The number of H-pyrrole nitrogens is 1. The van der Waals surface area contributed by atoms with Crippen molar-refractivity contribution >= 4 is 10.9 Å². The van der Waals surface area contributed by atoms with Gasteiger partial charge >= 0.3 is 0 Å². The van der Waals surface area contributed by atoms with Gasteiger partial charge in [0.25, 0.3) is 0 Å². The van der Waals surface area contributed by atoms with Crippen LogP contribution in [0.4, 0.5) is 0 Å². The van der Waals surface area contributed by atoms with Gasteiger partial charge in [0.2, 0.25) is 0 Å². The minimum atomic E-state index is 0.750. The van der Waals surface area contributed by atoms with Crippen molar-refractivity contribution in [3.05, 3.63) is 35.5 Å². The van der Waals surface area contributed by atoms with Crippen molar-refractivity contribution in [1.82, 2.24) is 10.3 Å². The van der Waals surface area contributed by atoms with Crippen LogP contribution in [0.5, 0.6) is 0 Å². The molecular formula is C16H20N2. The summed E-state index contributed by atoms with van der Waals surface area (Å²) in [5.74, 6) is 0.750. The zero-order chi connectivity index (χ0) is 12.1. The normalized spacial score (nSPS) is 31.1. The molecule has 1 aromatic heterocycles. The highest BCUT2D eigenvalue weighted by molar-refractivity contribution is 5.85. The number of benzene rings is 1. The Labute approximate surface area is 108 Å². The van der Waals surface area contributed by atoms with E-state index >= 15 is 0 Å². The van der Waals surface area contributed by atoms with Crippen LogP contribution in [0.15, 0.2) is 24.3 Å². The van der Waals surface area contributed by atoms with Crippen LogP contribution >= 0.6 is 0 Å². The second kappa shape index (κ2) is 3.86. The highest BCUT2D eigenvalue weighted by Crippen LogP contribution is 2.41. The number of aromatic amines is 1. The molecule has 2 N–H and O–H groups in total. The molecule has 3 heterocycles. The Kier molecular flexibility index (Phi) is 2.28. The van der Waals surface area contributed by atoms with Crippen molar-refractivity contribution in [3.8, 4) is 0 Å². The smallest absolute Gasteiger partial charge is 0.0458 e. The van der Waals surface area contributed by atoms with Crippen LogP contribution in [0.3, 0.4) is 0 Å². The summed E-state index contributed by atoms with van der Waals surface area (Å²) in [6, 6.07) is 10.3. The van der Waals surface area contributed by atoms with Gasteiger partial charge in [-0.2, -0.15) is 0 Å². The van der Waals surface area contributed by atoms with E-state index in [1.165, 1.54) is 42.3 Å². The van der Waals surface area contributed by atoms with Crippen molar-refractivity contribution in [3.63, 3.8) is 0 Å². The first-order chi connectivity index (χ1) is 8.81. The lowest BCUT2D eigenvalue weighted by Gasteiger charge is -2.29. The zero-order valence-corrected chi connectivity index (χ0v) is 10.9. The van der Waals surface area contributed by atoms with Crippen molar-refractivity contribution in [1.29, 1.82) is 0 Å². The third-order valence-corrected chi connectivity index (χ3v) is 4.82. The van der Waals surface area contributed by atoms with E-state index in [2.05, 4.69) is 41.5 Å². The number of aromatic nitrogens is 1. The molecule has 2 atom stereocenters. The van der Waals surface area contributed by atoms with Gasteiger partial charge in [0.05, 0.1) is 0 Å². The van der Waals surface area contributed by atoms with Crippen LogP contribution in [0.2, 0.25) is 0 Å². The fourth-order valence-electron chi connectivity index (χ4n) is 4.12. The second-order valence-electron chi connectivity index (χ2n) is 6.02. The summed E-state index contributed by atoms with van der Waals surface area (Å²) in [5, 5.41) is 5.19. The van der Waals surface area contributed by atoms with E-state index in [4.69, 9.17) is 0 Å². The van der Waals surface area contributed by atoms with Crippen molar-refractivity contribution in [2.24, 2.45) is 0 Å². The Bertz CT molecular complexity index is 572. The quantitative estimate of drug-likeness (QED) is 0.784. The van der Waals surface area contributed by atoms with Crippen LogP contribution in [0.25, 0.3) is 10.9 Å². The third kappa shape index (κ3) is 1.52. The van der Waals surface area contributed by atoms with Gasteiger partial charge in [-0.3, -0.25) is 0 Å². The fourth-order valence-corrected chi connectivity index (χ4v) is 4.12. The summed E-state index contributed by atoms with van der Waals surface area (Å²) in [6.45, 7) is 2.24. The maximum atomic E-state index is 3.74. The zero-order valence-electron chi connectivity index (χ0n) is 10.9. The molecule has 2 unspecified atom stereocenters. The van der Waals surface area contributed by atoms with E-state index in [0.717, 1.165) is 18.0 Å². The van der Waals surface area contributed by atoms with Gasteiger partial charge < -0.3 is 10.3 Å². The number of aryl methyl sites for hydroxylation is 1. The summed E-state index contributed by atoms with van der Waals surface area (Å²) < 4.78 is 0. The highest BCUT2D eigenvalue weighted by atomic mass is 15.0. The van der Waals surface area contributed by atoms with E-state index in [-0.39, 0.29) is 0 Å². The summed E-state index contributed by atoms with van der Waals surface area (Å²) in [4.78, 5) is 3.55. The molecule has 2 bridgehead atoms. The Hall–Kier alpha value is -1.28. The molecule has 2 aliphatic rings. The largest absolute Gasteiger partial charge is 0.358 e. The standard InChI is InChI=1S/C16H20N2/c1-10-16(14-4-2-3-5-15(14)17-10)11-8-12-6-7-13(9-11)18-12/h2-5,11-13,17-18H,6-9H2,1H3. The first-order valence-electron chi connectivity index (χ1n) is 7.14. The molecule has 18 heavy (non-hydrogen) atoms. The van der Waals surface area contributed by atoms with Gasteiger partial charge in [-0.05, 0) is 50.2 Å². The third-order valence-electron chi connectivity index (χ3n) is 4.82. The summed E-state index contributed by atoms with van der Waals surface area (Å²) in [6.07, 6.45) is 5.39. The molecular weight excluding hydrogens is 220 g/mol. The van der Waals surface area contributed by atoms with Gasteiger partial charge in [-0.25, -0.2) is 0 Å². The molecule has 2 aromatic rings. The Morgan fingerprint density at radius 3 is 2.56 bits per heavy atom. The Balaban J connectivity index is 1.80. The van der Waals surface area contributed by atoms with Gasteiger partial charge in [-0.15, -0.1) is 0 Å². The van der Waals surface area contributed by atoms with E-state index < -0.39 is 0 Å². The molecule has 2 saturated heterocycles. The Morgan fingerprint density at radius 1 is 1.06 bits per heavy atom. The summed E-state index contributed by atoms with van der Waals surface area (Å²) >= 11 is 0. The number of rotatable bonds is 1. The maximum Gasteiger partial charge on any atom is 0.0458 e. The minimum Gasteiger partial charge on any atom is -0.358 e. The topological polar surface area (TPSA) is 27.8 Å². The minimum absolute atomic E-state index is 0.750. The average molecular weight is 240 g/mol. The number of para-hydroxylation sites is 1. The summed E-state index contributed by atoms with van der Waals surface area (Å²) in [7, 11) is 0. The first kappa shape index (κ1) is 10.6. The Morgan fingerprint density at radius 2 is 1.78 bits per heavy atom. The molecule has 1 aromatic carbocycles. The lowest BCUT2D eigenvalue weighted by molar-refractivity contribution is 0.364. The molecule has 0 radical (unpaired) electrons. The molecule has 2 nitrogen and oxygen atoms in total. The number of nitrogens with one attached hydrogen (secondary N) is 2. The van der Waals surface area contributed by atoms with Crippen LogP contribution in [-0.4, -0.2) is 17.1 Å². The molecule has 0 saturated carbocycles. The molecule has 4 rings (SSSR count). The number of hydrogen-bond acceptors (Lipinski definition) is 1. The molecule has 2 aliphatic heterocycles. The molecule has 0 amide bonds. The number of piperidine rings is 1. The van der Waals surface area contributed by atoms with Gasteiger partial charge in [0.1, 0.15) is 0 Å². The van der Waals surface area contributed by atoms with Crippen LogP contribution in [0, 0.1) is 6.92 Å². The lowest BCUT2D eigenvalue weighted by atomic mass is 9.85. The van der Waals surface area contributed by atoms with Crippen molar-refractivity contribution in [2.45, 2.75) is 50.6 Å². The van der Waals surface area contributed by atoms with E-state index in [0.29, 0.717) is 0 Å². The monoisotopic (exact) mass is 240 g/mol. The van der Waals surface area contributed by atoms with Gasteiger partial charge in [0.15, 0.2) is 0 Å². The number of hydrogen-bond donors (Lipinski definition) is 2. The van der Waals surface area contributed by atoms with Gasteiger partial charge in [-0.1, -0.05) is 18.2 Å². The molecule has 2 heteroatoms. The lowest BCUT2D eigenvalue weighted by Crippen LogP contribution is -2.37. The highest BCUT2D eigenvalue weighted by Gasteiger charge is 2.35. The van der Waals surface area contributed by atoms with Crippen molar-refractivity contribution < 1.29 is 0 Å². The second-order valence-corrected chi connectivity index (χ2v) is 6.02. The fraction of sp³-hybridized carbons (Fsp3) is 0.500. The van der Waals surface area contributed by atoms with Crippen molar-refractivity contribution in [2.75, 3.05) is 0 Å². The molecule has 2 fully saturated rings. The predicted octanol–water partition coefficient (Wildman–Crippen LogP) is 3.47. The van der Waals surface area contributed by atoms with Crippen LogP contribution in [-0.2, 0) is 0 Å². The first-order valence-corrected chi connectivity index (χ1v) is 7.14. The predicted molar refractivity (Wildman–Crippen MR) is 75.0 cm³/mol. The molecule has 0 spiro atoms.